The van der Waals surface area contributed by atoms with Gasteiger partial charge in [0.2, 0.25) is 0 Å². The molecule has 4 rings (SSSR count). The fourth-order valence-corrected chi connectivity index (χ4v) is 4.32. The van der Waals surface area contributed by atoms with E-state index in [1.165, 1.54) is 16.7 Å². The third kappa shape index (κ3) is 2.41. The molecule has 2 aromatic rings. The Labute approximate surface area is 149 Å². The molecule has 0 aliphatic carbocycles. The van der Waals surface area contributed by atoms with Crippen LogP contribution >= 0.6 is 0 Å². The molecule has 0 aromatic heterocycles. The van der Waals surface area contributed by atoms with Crippen molar-refractivity contribution in [2.24, 2.45) is 4.99 Å². The van der Waals surface area contributed by atoms with Gasteiger partial charge in [-0.05, 0) is 63.8 Å². The number of benzene rings is 2. The van der Waals surface area contributed by atoms with E-state index in [-0.39, 0.29) is 11.4 Å². The SMILES string of the molecule is Cc1ccc(N=C2C(=O)N3c4c2cc(C)cc4C(C)CC3(C)C)cc1. The lowest BCUT2D eigenvalue weighted by Gasteiger charge is -2.43. The maximum atomic E-state index is 13.3. The van der Waals surface area contributed by atoms with E-state index in [2.05, 4.69) is 46.8 Å². The normalized spacial score (nSPS) is 22.4. The van der Waals surface area contributed by atoms with Crippen molar-refractivity contribution in [3.05, 3.63) is 58.7 Å². The van der Waals surface area contributed by atoms with Crippen molar-refractivity contribution in [1.82, 2.24) is 0 Å². The second-order valence-electron chi connectivity index (χ2n) is 8.10. The second kappa shape index (κ2) is 5.29. The number of hydrogen-bond acceptors (Lipinski definition) is 2. The fraction of sp³-hybridized carbons (Fsp3) is 0.364. The van der Waals surface area contributed by atoms with Crippen molar-refractivity contribution < 1.29 is 4.79 Å². The fourth-order valence-electron chi connectivity index (χ4n) is 4.32. The molecule has 2 heterocycles. The van der Waals surface area contributed by atoms with E-state index in [1.807, 2.05) is 29.2 Å². The number of hydrogen-bond donors (Lipinski definition) is 0. The topological polar surface area (TPSA) is 32.7 Å². The molecule has 25 heavy (non-hydrogen) atoms. The largest absolute Gasteiger partial charge is 0.300 e. The lowest BCUT2D eigenvalue weighted by molar-refractivity contribution is -0.113. The van der Waals surface area contributed by atoms with Crippen molar-refractivity contribution >= 4 is 23.0 Å². The van der Waals surface area contributed by atoms with Crippen molar-refractivity contribution in [3.63, 3.8) is 0 Å². The van der Waals surface area contributed by atoms with Gasteiger partial charge < -0.3 is 4.90 Å². The highest BCUT2D eigenvalue weighted by molar-refractivity contribution is 6.55. The van der Waals surface area contributed by atoms with Crippen LogP contribution in [-0.4, -0.2) is 17.2 Å². The maximum Gasteiger partial charge on any atom is 0.278 e. The predicted octanol–water partition coefficient (Wildman–Crippen LogP) is 5.06. The summed E-state index contributed by atoms with van der Waals surface area (Å²) in [6.45, 7) is 10.7. The minimum atomic E-state index is -0.196. The summed E-state index contributed by atoms with van der Waals surface area (Å²) in [5.41, 5.74) is 6.92. The van der Waals surface area contributed by atoms with Crippen LogP contribution in [0.2, 0.25) is 0 Å². The van der Waals surface area contributed by atoms with E-state index >= 15 is 0 Å². The minimum absolute atomic E-state index is 0.0272. The molecule has 2 aliphatic rings. The van der Waals surface area contributed by atoms with Crippen LogP contribution in [0.1, 0.15) is 55.4 Å². The number of nitrogens with zero attached hydrogens (tertiary/aromatic N) is 2. The summed E-state index contributed by atoms with van der Waals surface area (Å²) in [5.74, 6) is 0.464. The van der Waals surface area contributed by atoms with Gasteiger partial charge in [0.15, 0.2) is 0 Å². The van der Waals surface area contributed by atoms with Crippen molar-refractivity contribution in [2.75, 3.05) is 4.90 Å². The van der Waals surface area contributed by atoms with E-state index in [1.54, 1.807) is 0 Å². The molecule has 1 amide bonds. The van der Waals surface area contributed by atoms with Gasteiger partial charge in [-0.1, -0.05) is 36.2 Å². The Hall–Kier alpha value is -2.42. The van der Waals surface area contributed by atoms with Crippen LogP contribution in [0, 0.1) is 13.8 Å². The number of rotatable bonds is 1. The van der Waals surface area contributed by atoms with Gasteiger partial charge in [0.25, 0.3) is 5.91 Å². The highest BCUT2D eigenvalue weighted by atomic mass is 16.2. The Morgan fingerprint density at radius 1 is 1.08 bits per heavy atom. The zero-order chi connectivity index (χ0) is 17.9. The van der Waals surface area contributed by atoms with E-state index in [0.717, 1.165) is 23.4 Å². The number of carbonyl (C=O) groups is 1. The van der Waals surface area contributed by atoms with Crippen molar-refractivity contribution in [1.29, 1.82) is 0 Å². The third-order valence-electron chi connectivity index (χ3n) is 5.38. The summed E-state index contributed by atoms with van der Waals surface area (Å²) < 4.78 is 0. The van der Waals surface area contributed by atoms with E-state index < -0.39 is 0 Å². The first-order valence-electron chi connectivity index (χ1n) is 8.93. The summed E-state index contributed by atoms with van der Waals surface area (Å²) in [6.07, 6.45) is 0.965. The van der Waals surface area contributed by atoms with Gasteiger partial charge >= 0.3 is 0 Å². The molecule has 0 N–H and O–H groups in total. The quantitative estimate of drug-likeness (QED) is 0.718. The molecule has 0 saturated carbocycles. The van der Waals surface area contributed by atoms with Gasteiger partial charge in [-0.3, -0.25) is 4.79 Å². The number of aryl methyl sites for hydroxylation is 2. The molecule has 0 bridgehead atoms. The number of carbonyl (C=O) groups excluding carboxylic acids is 1. The van der Waals surface area contributed by atoms with Gasteiger partial charge in [0, 0.05) is 11.1 Å². The third-order valence-corrected chi connectivity index (χ3v) is 5.38. The first kappa shape index (κ1) is 16.1. The molecule has 0 saturated heterocycles. The molecule has 3 heteroatoms. The highest BCUT2D eigenvalue weighted by Gasteiger charge is 2.47. The van der Waals surface area contributed by atoms with E-state index in [0.29, 0.717) is 11.6 Å². The van der Waals surface area contributed by atoms with Crippen LogP contribution in [0.25, 0.3) is 0 Å². The molecular formula is C22H24N2O. The summed E-state index contributed by atoms with van der Waals surface area (Å²) in [4.78, 5) is 20.0. The molecule has 2 aromatic carbocycles. The molecule has 1 atom stereocenters. The standard InChI is InChI=1S/C22H24N2O/c1-13-6-8-16(9-7-13)23-19-18-11-14(2)10-17-15(3)12-22(4,5)24(20(17)18)21(19)25/h6-11,15H,12H2,1-5H3. The Kier molecular flexibility index (Phi) is 3.40. The Morgan fingerprint density at radius 3 is 2.44 bits per heavy atom. The average Bonchev–Trinajstić information content (AvgIpc) is 2.80. The number of amides is 1. The highest BCUT2D eigenvalue weighted by Crippen LogP contribution is 2.49. The average molecular weight is 332 g/mol. The van der Waals surface area contributed by atoms with E-state index in [9.17, 15) is 4.79 Å². The first-order valence-corrected chi connectivity index (χ1v) is 8.93. The summed E-state index contributed by atoms with van der Waals surface area (Å²) in [7, 11) is 0. The summed E-state index contributed by atoms with van der Waals surface area (Å²) in [6, 6.07) is 12.3. The monoisotopic (exact) mass is 332 g/mol. The van der Waals surface area contributed by atoms with Gasteiger partial charge in [-0.25, -0.2) is 4.99 Å². The Bertz CT molecular complexity index is 906. The molecule has 3 nitrogen and oxygen atoms in total. The van der Waals surface area contributed by atoms with Gasteiger partial charge in [0.1, 0.15) is 5.71 Å². The smallest absolute Gasteiger partial charge is 0.278 e. The van der Waals surface area contributed by atoms with Crippen molar-refractivity contribution in [2.45, 2.75) is 52.5 Å². The molecule has 2 aliphatic heterocycles. The van der Waals surface area contributed by atoms with Crippen LogP contribution in [0.15, 0.2) is 41.4 Å². The van der Waals surface area contributed by atoms with Gasteiger partial charge in [-0.15, -0.1) is 0 Å². The molecular weight excluding hydrogens is 308 g/mol. The predicted molar refractivity (Wildman–Crippen MR) is 103 cm³/mol. The van der Waals surface area contributed by atoms with Crippen LogP contribution in [0.3, 0.4) is 0 Å². The lowest BCUT2D eigenvalue weighted by Crippen LogP contribution is -2.50. The lowest BCUT2D eigenvalue weighted by atomic mass is 9.80. The molecule has 128 valence electrons. The Morgan fingerprint density at radius 2 is 1.76 bits per heavy atom. The molecule has 1 unspecified atom stereocenters. The molecule has 0 radical (unpaired) electrons. The second-order valence-corrected chi connectivity index (χ2v) is 8.10. The number of aliphatic imine (C=N–C) groups is 1. The Balaban J connectivity index is 1.95. The van der Waals surface area contributed by atoms with Gasteiger partial charge in [-0.2, -0.15) is 0 Å². The minimum Gasteiger partial charge on any atom is -0.300 e. The zero-order valence-electron chi connectivity index (χ0n) is 15.6. The number of anilines is 1. The van der Waals surface area contributed by atoms with Crippen LogP contribution in [0.4, 0.5) is 11.4 Å². The van der Waals surface area contributed by atoms with Crippen molar-refractivity contribution in [3.8, 4) is 0 Å². The van der Waals surface area contributed by atoms with Crippen LogP contribution < -0.4 is 4.90 Å². The van der Waals surface area contributed by atoms with E-state index in [4.69, 9.17) is 4.99 Å². The summed E-state index contributed by atoms with van der Waals surface area (Å²) >= 11 is 0. The van der Waals surface area contributed by atoms with Crippen LogP contribution in [-0.2, 0) is 4.79 Å². The molecule has 0 spiro atoms. The van der Waals surface area contributed by atoms with Crippen LogP contribution in [0.5, 0.6) is 0 Å². The first-order chi connectivity index (χ1) is 11.8. The van der Waals surface area contributed by atoms with Gasteiger partial charge in [0.05, 0.1) is 11.4 Å². The maximum absolute atomic E-state index is 13.3. The zero-order valence-corrected chi connectivity index (χ0v) is 15.6. The summed E-state index contributed by atoms with van der Waals surface area (Å²) in [5, 5.41) is 0. The molecule has 0 fully saturated rings.